The Kier molecular flexibility index (Phi) is 4.82. The van der Waals surface area contributed by atoms with Gasteiger partial charge >= 0.3 is 11.7 Å². The highest BCUT2D eigenvalue weighted by atomic mass is 19.1. The highest BCUT2D eigenvalue weighted by molar-refractivity contribution is 5.90. The van der Waals surface area contributed by atoms with E-state index in [9.17, 15) is 23.7 Å². The van der Waals surface area contributed by atoms with Crippen LogP contribution in [0.1, 0.15) is 48.9 Å². The number of esters is 1. The summed E-state index contributed by atoms with van der Waals surface area (Å²) in [6.45, 7) is 0. The Hall–Kier alpha value is -2.05. The van der Waals surface area contributed by atoms with Crippen molar-refractivity contribution >= 4 is 11.7 Å². The van der Waals surface area contributed by atoms with Crippen LogP contribution in [0.15, 0.2) is 12.1 Å². The second-order valence-electron chi connectivity index (χ2n) is 5.06. The van der Waals surface area contributed by atoms with E-state index >= 15 is 0 Å². The molecule has 0 spiro atoms. The molecule has 1 saturated carbocycles. The molecule has 0 amide bonds. The smallest absolute Gasteiger partial charge is 0.341 e. The standard InChI is InChI=1S/C14H15F2NO4/c15-11-8-13(17(19)20)12(16)7-10(11)14(18)21-9-5-3-1-2-4-6-9/h7-9H,1-6H2. The number of halogens is 2. The number of nitrogens with zero attached hydrogens (tertiary/aromatic N) is 1. The molecule has 0 bridgehead atoms. The van der Waals surface area contributed by atoms with Gasteiger partial charge < -0.3 is 4.74 Å². The van der Waals surface area contributed by atoms with E-state index in [0.717, 1.165) is 25.7 Å². The predicted molar refractivity (Wildman–Crippen MR) is 69.9 cm³/mol. The Morgan fingerprint density at radius 3 is 2.33 bits per heavy atom. The van der Waals surface area contributed by atoms with Crippen molar-refractivity contribution in [3.8, 4) is 0 Å². The van der Waals surface area contributed by atoms with Crippen molar-refractivity contribution in [3.05, 3.63) is 39.4 Å². The second kappa shape index (κ2) is 6.60. The molecule has 2 rings (SSSR count). The topological polar surface area (TPSA) is 69.4 Å². The Labute approximate surface area is 120 Å². The van der Waals surface area contributed by atoms with Crippen molar-refractivity contribution in [2.45, 2.75) is 44.6 Å². The molecule has 0 N–H and O–H groups in total. The van der Waals surface area contributed by atoms with Gasteiger partial charge in [0.15, 0.2) is 0 Å². The minimum atomic E-state index is -1.26. The molecule has 0 atom stereocenters. The van der Waals surface area contributed by atoms with E-state index < -0.39 is 33.8 Å². The van der Waals surface area contributed by atoms with E-state index in [1.54, 1.807) is 0 Å². The van der Waals surface area contributed by atoms with Gasteiger partial charge in [-0.3, -0.25) is 10.1 Å². The van der Waals surface area contributed by atoms with Crippen LogP contribution < -0.4 is 0 Å². The average Bonchev–Trinajstić information content (AvgIpc) is 2.69. The number of carbonyl (C=O) groups excluding carboxylic acids is 1. The van der Waals surface area contributed by atoms with Crippen LogP contribution in [0.3, 0.4) is 0 Å². The molecule has 5 nitrogen and oxygen atoms in total. The maximum absolute atomic E-state index is 13.7. The number of nitro groups is 1. The molecule has 0 unspecified atom stereocenters. The number of nitro benzene ring substituents is 1. The van der Waals surface area contributed by atoms with Crippen molar-refractivity contribution in [3.63, 3.8) is 0 Å². The number of ether oxygens (including phenoxy) is 1. The Morgan fingerprint density at radius 1 is 1.14 bits per heavy atom. The zero-order chi connectivity index (χ0) is 15.4. The molecule has 1 aromatic carbocycles. The monoisotopic (exact) mass is 299 g/mol. The first-order valence-corrected chi connectivity index (χ1v) is 6.83. The number of benzene rings is 1. The van der Waals surface area contributed by atoms with Crippen molar-refractivity contribution in [2.75, 3.05) is 0 Å². The third-order valence-corrected chi connectivity index (χ3v) is 3.53. The van der Waals surface area contributed by atoms with Crippen molar-refractivity contribution in [1.29, 1.82) is 0 Å². The summed E-state index contributed by atoms with van der Waals surface area (Å²) in [6, 6.07) is 0.922. The molecule has 21 heavy (non-hydrogen) atoms. The lowest BCUT2D eigenvalue weighted by Crippen LogP contribution is -2.18. The Bertz CT molecular complexity index is 554. The van der Waals surface area contributed by atoms with Gasteiger partial charge in [0.1, 0.15) is 11.9 Å². The molecule has 1 fully saturated rings. The summed E-state index contributed by atoms with van der Waals surface area (Å²) in [4.78, 5) is 21.3. The molecular weight excluding hydrogens is 284 g/mol. The number of carbonyl (C=O) groups is 1. The van der Waals surface area contributed by atoms with Crippen LogP contribution in [-0.4, -0.2) is 17.0 Å². The van der Waals surface area contributed by atoms with Crippen LogP contribution >= 0.6 is 0 Å². The summed E-state index contributed by atoms with van der Waals surface area (Å²) in [5.74, 6) is -3.39. The number of rotatable bonds is 3. The summed E-state index contributed by atoms with van der Waals surface area (Å²) in [5.41, 5.74) is -1.61. The SMILES string of the molecule is O=C(OC1CCCCCC1)c1cc(F)c([N+](=O)[O-])cc1F. The molecule has 1 aliphatic carbocycles. The van der Waals surface area contributed by atoms with Gasteiger partial charge in [0.05, 0.1) is 16.6 Å². The lowest BCUT2D eigenvalue weighted by Gasteiger charge is -2.15. The molecular formula is C14H15F2NO4. The Morgan fingerprint density at radius 2 is 1.76 bits per heavy atom. The fourth-order valence-corrected chi connectivity index (χ4v) is 2.41. The van der Waals surface area contributed by atoms with Gasteiger partial charge in [-0.25, -0.2) is 9.18 Å². The van der Waals surface area contributed by atoms with Gasteiger partial charge in [-0.2, -0.15) is 4.39 Å². The fourth-order valence-electron chi connectivity index (χ4n) is 2.41. The maximum atomic E-state index is 13.7. The van der Waals surface area contributed by atoms with Crippen LogP contribution in [0.5, 0.6) is 0 Å². The highest BCUT2D eigenvalue weighted by Gasteiger charge is 2.25. The van der Waals surface area contributed by atoms with Gasteiger partial charge in [0.2, 0.25) is 5.82 Å². The molecule has 0 aromatic heterocycles. The molecule has 114 valence electrons. The van der Waals surface area contributed by atoms with E-state index in [0.29, 0.717) is 25.0 Å². The molecule has 7 heteroatoms. The molecule has 0 radical (unpaired) electrons. The van der Waals surface area contributed by atoms with Crippen molar-refractivity contribution < 1.29 is 23.2 Å². The van der Waals surface area contributed by atoms with E-state index in [1.165, 1.54) is 0 Å². The van der Waals surface area contributed by atoms with Crippen LogP contribution in [0, 0.1) is 21.7 Å². The third kappa shape index (κ3) is 3.74. The molecule has 0 aliphatic heterocycles. The lowest BCUT2D eigenvalue weighted by atomic mass is 10.1. The predicted octanol–water partition coefficient (Wildman–Crippen LogP) is 3.75. The molecule has 0 saturated heterocycles. The van der Waals surface area contributed by atoms with E-state index in [1.807, 2.05) is 0 Å². The normalized spacial score (nSPS) is 16.3. The third-order valence-electron chi connectivity index (χ3n) is 3.53. The largest absolute Gasteiger partial charge is 0.459 e. The Balaban J connectivity index is 2.15. The highest BCUT2D eigenvalue weighted by Crippen LogP contribution is 2.24. The zero-order valence-corrected chi connectivity index (χ0v) is 11.3. The maximum Gasteiger partial charge on any atom is 0.341 e. The van der Waals surface area contributed by atoms with Gasteiger partial charge in [-0.15, -0.1) is 0 Å². The minimum absolute atomic E-state index is 0.308. The average molecular weight is 299 g/mol. The van der Waals surface area contributed by atoms with Crippen LogP contribution in [0.25, 0.3) is 0 Å². The quantitative estimate of drug-likeness (QED) is 0.369. The van der Waals surface area contributed by atoms with Gasteiger partial charge in [0, 0.05) is 0 Å². The van der Waals surface area contributed by atoms with Crippen LogP contribution in [0.2, 0.25) is 0 Å². The van der Waals surface area contributed by atoms with Crippen LogP contribution in [0.4, 0.5) is 14.5 Å². The molecule has 0 heterocycles. The van der Waals surface area contributed by atoms with E-state index in [4.69, 9.17) is 4.74 Å². The summed E-state index contributed by atoms with van der Waals surface area (Å²) in [6.07, 6.45) is 5.07. The summed E-state index contributed by atoms with van der Waals surface area (Å²) in [7, 11) is 0. The minimum Gasteiger partial charge on any atom is -0.459 e. The van der Waals surface area contributed by atoms with E-state index in [-0.39, 0.29) is 6.10 Å². The first kappa shape index (κ1) is 15.3. The second-order valence-corrected chi connectivity index (χ2v) is 5.06. The molecule has 1 aliphatic rings. The van der Waals surface area contributed by atoms with E-state index in [2.05, 4.69) is 0 Å². The van der Waals surface area contributed by atoms with Gasteiger partial charge in [0.25, 0.3) is 0 Å². The van der Waals surface area contributed by atoms with Crippen molar-refractivity contribution in [1.82, 2.24) is 0 Å². The van der Waals surface area contributed by atoms with Gasteiger partial charge in [-0.1, -0.05) is 12.8 Å². The summed E-state index contributed by atoms with van der Waals surface area (Å²) in [5, 5.41) is 10.5. The first-order valence-electron chi connectivity index (χ1n) is 6.83. The fraction of sp³-hybridized carbons (Fsp3) is 0.500. The molecule has 1 aromatic rings. The first-order chi connectivity index (χ1) is 9.99. The summed E-state index contributed by atoms with van der Waals surface area (Å²) >= 11 is 0. The number of hydrogen-bond acceptors (Lipinski definition) is 4. The van der Waals surface area contributed by atoms with Crippen molar-refractivity contribution in [2.24, 2.45) is 0 Å². The summed E-state index contributed by atoms with van der Waals surface area (Å²) < 4.78 is 32.4. The van der Waals surface area contributed by atoms with Gasteiger partial charge in [-0.05, 0) is 31.7 Å². The lowest BCUT2D eigenvalue weighted by molar-refractivity contribution is -0.387. The number of hydrogen-bond donors (Lipinski definition) is 0. The van der Waals surface area contributed by atoms with Crippen LogP contribution in [-0.2, 0) is 4.74 Å². The zero-order valence-electron chi connectivity index (χ0n) is 11.3.